The SMILES string of the molecule is COC(=O)NC1=C(C)COC1=O. The molecule has 1 heterocycles. The quantitative estimate of drug-likeness (QED) is 0.571. The maximum Gasteiger partial charge on any atom is 0.411 e. The molecule has 12 heavy (non-hydrogen) atoms. The van der Waals surface area contributed by atoms with Gasteiger partial charge in [0.2, 0.25) is 0 Å². The van der Waals surface area contributed by atoms with Crippen molar-refractivity contribution in [3.8, 4) is 0 Å². The first-order valence-corrected chi connectivity index (χ1v) is 3.37. The average molecular weight is 171 g/mol. The second-order valence-electron chi connectivity index (χ2n) is 2.35. The number of esters is 1. The number of nitrogens with one attached hydrogen (secondary N) is 1. The molecule has 1 amide bonds. The van der Waals surface area contributed by atoms with Gasteiger partial charge in [-0.05, 0) is 12.5 Å². The Hall–Kier alpha value is -1.52. The molecule has 0 saturated heterocycles. The van der Waals surface area contributed by atoms with Crippen molar-refractivity contribution in [3.63, 3.8) is 0 Å². The number of carbonyl (C=O) groups is 2. The Bertz CT molecular complexity index is 256. The minimum absolute atomic E-state index is 0.182. The molecular weight excluding hydrogens is 162 g/mol. The van der Waals surface area contributed by atoms with Crippen LogP contribution in [0.4, 0.5) is 4.79 Å². The molecule has 0 atom stereocenters. The Morgan fingerprint density at radius 3 is 2.75 bits per heavy atom. The lowest BCUT2D eigenvalue weighted by atomic mass is 10.3. The molecule has 0 fully saturated rings. The van der Waals surface area contributed by atoms with Gasteiger partial charge in [-0.25, -0.2) is 9.59 Å². The summed E-state index contributed by atoms with van der Waals surface area (Å²) in [5.41, 5.74) is 0.882. The summed E-state index contributed by atoms with van der Waals surface area (Å²) in [7, 11) is 1.23. The second kappa shape index (κ2) is 3.25. The van der Waals surface area contributed by atoms with Gasteiger partial charge in [0.1, 0.15) is 12.3 Å². The van der Waals surface area contributed by atoms with Crippen LogP contribution in [0.3, 0.4) is 0 Å². The Kier molecular flexibility index (Phi) is 2.32. The van der Waals surface area contributed by atoms with Crippen LogP contribution in [-0.2, 0) is 14.3 Å². The molecule has 0 radical (unpaired) electrons. The van der Waals surface area contributed by atoms with E-state index in [-0.39, 0.29) is 12.3 Å². The molecule has 0 unspecified atom stereocenters. The topological polar surface area (TPSA) is 64.6 Å². The van der Waals surface area contributed by atoms with Gasteiger partial charge in [-0.3, -0.25) is 5.32 Å². The summed E-state index contributed by atoms with van der Waals surface area (Å²) in [5, 5.41) is 2.27. The first-order valence-electron chi connectivity index (χ1n) is 3.37. The number of carbonyl (C=O) groups excluding carboxylic acids is 2. The van der Waals surface area contributed by atoms with E-state index in [1.807, 2.05) is 0 Å². The van der Waals surface area contributed by atoms with E-state index in [4.69, 9.17) is 0 Å². The molecule has 5 nitrogen and oxygen atoms in total. The van der Waals surface area contributed by atoms with Crippen molar-refractivity contribution >= 4 is 12.1 Å². The lowest BCUT2D eigenvalue weighted by molar-refractivity contribution is -0.136. The zero-order chi connectivity index (χ0) is 9.14. The number of alkyl carbamates (subject to hydrolysis) is 1. The van der Waals surface area contributed by atoms with E-state index >= 15 is 0 Å². The molecule has 66 valence electrons. The third kappa shape index (κ3) is 1.55. The standard InChI is InChI=1S/C7H9NO4/c1-4-3-12-6(9)5(4)8-7(10)11-2/h3H2,1-2H3,(H,8,10). The number of cyclic esters (lactones) is 1. The maximum atomic E-state index is 10.9. The van der Waals surface area contributed by atoms with Crippen molar-refractivity contribution in [2.45, 2.75) is 6.92 Å². The van der Waals surface area contributed by atoms with Crippen molar-refractivity contribution in [1.29, 1.82) is 0 Å². The molecule has 0 aromatic carbocycles. The molecule has 1 N–H and O–H groups in total. The van der Waals surface area contributed by atoms with Crippen LogP contribution in [0.25, 0.3) is 0 Å². The molecule has 1 aliphatic heterocycles. The zero-order valence-corrected chi connectivity index (χ0v) is 6.84. The van der Waals surface area contributed by atoms with E-state index in [0.717, 1.165) is 0 Å². The molecule has 0 bridgehead atoms. The van der Waals surface area contributed by atoms with E-state index in [9.17, 15) is 9.59 Å². The van der Waals surface area contributed by atoms with Gasteiger partial charge in [-0.15, -0.1) is 0 Å². The molecule has 0 aromatic heterocycles. The Balaban J connectivity index is 2.67. The molecule has 0 saturated carbocycles. The lowest BCUT2D eigenvalue weighted by Gasteiger charge is -2.01. The molecule has 0 spiro atoms. The van der Waals surface area contributed by atoms with Gasteiger partial charge in [0.05, 0.1) is 7.11 Å². The predicted molar refractivity (Wildman–Crippen MR) is 39.2 cm³/mol. The lowest BCUT2D eigenvalue weighted by Crippen LogP contribution is -2.26. The minimum atomic E-state index is -0.664. The van der Waals surface area contributed by atoms with Crippen LogP contribution in [0.15, 0.2) is 11.3 Å². The van der Waals surface area contributed by atoms with E-state index in [1.165, 1.54) is 7.11 Å². The van der Waals surface area contributed by atoms with Gasteiger partial charge in [0, 0.05) is 0 Å². The van der Waals surface area contributed by atoms with Gasteiger partial charge in [-0.1, -0.05) is 0 Å². The molecule has 1 rings (SSSR count). The van der Waals surface area contributed by atoms with Crippen LogP contribution in [0.5, 0.6) is 0 Å². The van der Waals surface area contributed by atoms with Crippen LogP contribution in [-0.4, -0.2) is 25.8 Å². The normalized spacial score (nSPS) is 16.0. The summed E-state index contributed by atoms with van der Waals surface area (Å²) in [6.45, 7) is 1.94. The molecule has 0 aromatic rings. The number of amides is 1. The molecule has 1 aliphatic rings. The van der Waals surface area contributed by atoms with E-state index in [1.54, 1.807) is 6.92 Å². The first kappa shape index (κ1) is 8.58. The van der Waals surface area contributed by atoms with E-state index in [2.05, 4.69) is 14.8 Å². The third-order valence-corrected chi connectivity index (χ3v) is 1.46. The van der Waals surface area contributed by atoms with E-state index in [0.29, 0.717) is 5.57 Å². The van der Waals surface area contributed by atoms with Gasteiger partial charge in [-0.2, -0.15) is 0 Å². The molecular formula is C7H9NO4. The van der Waals surface area contributed by atoms with Gasteiger partial charge in [0.15, 0.2) is 0 Å². The molecule has 0 aliphatic carbocycles. The second-order valence-corrected chi connectivity index (χ2v) is 2.35. The van der Waals surface area contributed by atoms with Crippen molar-refractivity contribution < 1.29 is 19.1 Å². The van der Waals surface area contributed by atoms with Crippen molar-refractivity contribution in [1.82, 2.24) is 5.32 Å². The van der Waals surface area contributed by atoms with E-state index < -0.39 is 12.1 Å². The molecule has 5 heteroatoms. The zero-order valence-electron chi connectivity index (χ0n) is 6.84. The fourth-order valence-corrected chi connectivity index (χ4v) is 0.803. The Labute approximate surface area is 69.3 Å². The Morgan fingerprint density at radius 1 is 1.67 bits per heavy atom. The number of hydrogen-bond acceptors (Lipinski definition) is 4. The fourth-order valence-electron chi connectivity index (χ4n) is 0.803. The van der Waals surface area contributed by atoms with Crippen LogP contribution < -0.4 is 5.32 Å². The Morgan fingerprint density at radius 2 is 2.33 bits per heavy atom. The summed E-state index contributed by atoms with van der Waals surface area (Å²) in [6.07, 6.45) is -0.664. The van der Waals surface area contributed by atoms with Crippen molar-refractivity contribution in [3.05, 3.63) is 11.3 Å². The highest BCUT2D eigenvalue weighted by Crippen LogP contribution is 2.11. The van der Waals surface area contributed by atoms with Gasteiger partial charge >= 0.3 is 12.1 Å². The number of ether oxygens (including phenoxy) is 2. The number of hydrogen-bond donors (Lipinski definition) is 1. The maximum absolute atomic E-state index is 10.9. The summed E-state index contributed by atoms with van der Waals surface area (Å²) in [5.74, 6) is -0.516. The van der Waals surface area contributed by atoms with Crippen LogP contribution >= 0.6 is 0 Å². The minimum Gasteiger partial charge on any atom is -0.456 e. The smallest absolute Gasteiger partial charge is 0.411 e. The van der Waals surface area contributed by atoms with Crippen LogP contribution in [0.2, 0.25) is 0 Å². The first-order chi connectivity index (χ1) is 5.65. The highest BCUT2D eigenvalue weighted by molar-refractivity contribution is 5.94. The summed E-state index contributed by atoms with van der Waals surface area (Å²) < 4.78 is 8.96. The summed E-state index contributed by atoms with van der Waals surface area (Å²) in [6, 6.07) is 0. The van der Waals surface area contributed by atoms with Gasteiger partial charge < -0.3 is 9.47 Å². The predicted octanol–water partition coefficient (Wildman–Crippen LogP) is 0.173. The average Bonchev–Trinajstić information content (AvgIpc) is 2.35. The van der Waals surface area contributed by atoms with Gasteiger partial charge in [0.25, 0.3) is 0 Å². The fraction of sp³-hybridized carbons (Fsp3) is 0.429. The largest absolute Gasteiger partial charge is 0.456 e. The number of methoxy groups -OCH3 is 1. The van der Waals surface area contributed by atoms with Crippen molar-refractivity contribution in [2.24, 2.45) is 0 Å². The highest BCUT2D eigenvalue weighted by Gasteiger charge is 2.23. The third-order valence-electron chi connectivity index (χ3n) is 1.46. The van der Waals surface area contributed by atoms with Crippen LogP contribution in [0.1, 0.15) is 6.92 Å². The highest BCUT2D eigenvalue weighted by atomic mass is 16.5. The summed E-state index contributed by atoms with van der Waals surface area (Å²) in [4.78, 5) is 21.6. The summed E-state index contributed by atoms with van der Waals surface area (Å²) >= 11 is 0. The monoisotopic (exact) mass is 171 g/mol. The van der Waals surface area contributed by atoms with Crippen LogP contribution in [0, 0.1) is 0 Å². The van der Waals surface area contributed by atoms with Crippen molar-refractivity contribution in [2.75, 3.05) is 13.7 Å². The number of rotatable bonds is 1.